The third-order valence-corrected chi connectivity index (χ3v) is 2.75. The number of halogens is 1. The molecule has 0 fully saturated rings. The van der Waals surface area contributed by atoms with Crippen molar-refractivity contribution in [3.63, 3.8) is 0 Å². The van der Waals surface area contributed by atoms with Gasteiger partial charge in [0, 0.05) is 5.56 Å². The fourth-order valence-corrected chi connectivity index (χ4v) is 1.63. The van der Waals surface area contributed by atoms with Gasteiger partial charge in [-0.25, -0.2) is 9.37 Å². The van der Waals surface area contributed by atoms with Crippen LogP contribution in [-0.2, 0) is 6.42 Å². The molecule has 0 radical (unpaired) electrons. The highest BCUT2D eigenvalue weighted by molar-refractivity contribution is 5.76. The van der Waals surface area contributed by atoms with E-state index in [0.29, 0.717) is 5.69 Å². The Kier molecular flexibility index (Phi) is 4.46. The van der Waals surface area contributed by atoms with E-state index in [9.17, 15) is 4.39 Å². The van der Waals surface area contributed by atoms with Crippen LogP contribution in [0.5, 0.6) is 0 Å². The molecule has 1 aromatic carbocycles. The molecular formula is C16H13FN2O. The number of aromatic nitrogens is 1. The average molecular weight is 268 g/mol. The van der Waals surface area contributed by atoms with E-state index in [4.69, 9.17) is 5.21 Å². The summed E-state index contributed by atoms with van der Waals surface area (Å²) in [6.07, 6.45) is 1.92. The highest BCUT2D eigenvalue weighted by Crippen LogP contribution is 2.05. The van der Waals surface area contributed by atoms with Crippen LogP contribution in [0.15, 0.2) is 41.6 Å². The Morgan fingerprint density at radius 1 is 1.20 bits per heavy atom. The van der Waals surface area contributed by atoms with Gasteiger partial charge in [-0.15, -0.1) is 0 Å². The van der Waals surface area contributed by atoms with Crippen molar-refractivity contribution in [2.75, 3.05) is 0 Å². The Morgan fingerprint density at radius 2 is 1.95 bits per heavy atom. The van der Waals surface area contributed by atoms with Gasteiger partial charge in [0.05, 0.1) is 6.21 Å². The third-order valence-electron chi connectivity index (χ3n) is 2.75. The fraction of sp³-hybridized carbons (Fsp3) is 0.125. The van der Waals surface area contributed by atoms with Gasteiger partial charge in [-0.05, 0) is 42.2 Å². The van der Waals surface area contributed by atoms with E-state index in [0.717, 1.165) is 18.2 Å². The Balaban J connectivity index is 2.25. The minimum Gasteiger partial charge on any atom is -0.411 e. The molecule has 2 aromatic rings. The average Bonchev–Trinajstić information content (AvgIpc) is 2.49. The van der Waals surface area contributed by atoms with Gasteiger partial charge in [0.15, 0.2) is 5.82 Å². The van der Waals surface area contributed by atoms with Gasteiger partial charge in [-0.3, -0.25) is 0 Å². The maximum Gasteiger partial charge on any atom is 0.150 e. The van der Waals surface area contributed by atoms with E-state index in [1.165, 1.54) is 17.7 Å². The second-order valence-electron chi connectivity index (χ2n) is 4.11. The van der Waals surface area contributed by atoms with Crippen LogP contribution in [-0.4, -0.2) is 16.4 Å². The van der Waals surface area contributed by atoms with Crippen LogP contribution in [0.2, 0.25) is 0 Å². The Bertz CT molecular complexity index is 682. The summed E-state index contributed by atoms with van der Waals surface area (Å²) in [5, 5.41) is 11.2. The van der Waals surface area contributed by atoms with Crippen LogP contribution in [0, 0.1) is 17.7 Å². The summed E-state index contributed by atoms with van der Waals surface area (Å²) in [5.41, 5.74) is 2.49. The van der Waals surface area contributed by atoms with Gasteiger partial charge in [0.2, 0.25) is 0 Å². The smallest absolute Gasteiger partial charge is 0.150 e. The van der Waals surface area contributed by atoms with Gasteiger partial charge >= 0.3 is 0 Å². The molecule has 3 nitrogen and oxygen atoms in total. The van der Waals surface area contributed by atoms with E-state index in [1.807, 2.05) is 24.3 Å². The van der Waals surface area contributed by atoms with E-state index in [-0.39, 0.29) is 5.69 Å². The summed E-state index contributed by atoms with van der Waals surface area (Å²) in [5.74, 6) is 5.26. The van der Waals surface area contributed by atoms with E-state index >= 15 is 0 Å². The zero-order chi connectivity index (χ0) is 14.4. The molecule has 0 bridgehead atoms. The Labute approximate surface area is 116 Å². The van der Waals surface area contributed by atoms with E-state index in [1.54, 1.807) is 0 Å². The third kappa shape index (κ3) is 3.42. The molecule has 1 heterocycles. The lowest BCUT2D eigenvalue weighted by molar-refractivity contribution is 0.321. The van der Waals surface area contributed by atoms with Crippen LogP contribution in [0.4, 0.5) is 4.39 Å². The van der Waals surface area contributed by atoms with Crippen molar-refractivity contribution in [1.29, 1.82) is 0 Å². The molecule has 0 saturated heterocycles. The molecule has 0 aliphatic heterocycles. The SMILES string of the molecule is CCc1ccc(C#Cc2ccc(F)c(C=NO)n2)cc1. The van der Waals surface area contributed by atoms with Gasteiger partial charge in [-0.1, -0.05) is 30.1 Å². The second kappa shape index (κ2) is 6.48. The monoisotopic (exact) mass is 268 g/mol. The second-order valence-corrected chi connectivity index (χ2v) is 4.11. The van der Waals surface area contributed by atoms with Crippen molar-refractivity contribution in [2.24, 2.45) is 5.16 Å². The first-order valence-corrected chi connectivity index (χ1v) is 6.18. The number of rotatable bonds is 2. The minimum atomic E-state index is -0.555. The van der Waals surface area contributed by atoms with Gasteiger partial charge in [0.1, 0.15) is 11.4 Å². The molecule has 4 heteroatoms. The van der Waals surface area contributed by atoms with Crippen molar-refractivity contribution in [2.45, 2.75) is 13.3 Å². The lowest BCUT2D eigenvalue weighted by Gasteiger charge is -1.96. The summed E-state index contributed by atoms with van der Waals surface area (Å²) in [6.45, 7) is 2.09. The predicted molar refractivity (Wildman–Crippen MR) is 75.4 cm³/mol. The molecule has 20 heavy (non-hydrogen) atoms. The van der Waals surface area contributed by atoms with Crippen molar-refractivity contribution in [1.82, 2.24) is 4.98 Å². The quantitative estimate of drug-likeness (QED) is 0.394. The lowest BCUT2D eigenvalue weighted by atomic mass is 10.1. The highest BCUT2D eigenvalue weighted by Gasteiger charge is 2.01. The fourth-order valence-electron chi connectivity index (χ4n) is 1.63. The minimum absolute atomic E-state index is 0.0411. The first-order valence-electron chi connectivity index (χ1n) is 6.18. The molecule has 0 aliphatic carbocycles. The van der Waals surface area contributed by atoms with Gasteiger partial charge in [-0.2, -0.15) is 0 Å². The summed E-state index contributed by atoms with van der Waals surface area (Å²) in [7, 11) is 0. The maximum atomic E-state index is 13.3. The maximum absolute atomic E-state index is 13.3. The number of oxime groups is 1. The predicted octanol–water partition coefficient (Wildman–Crippen LogP) is 2.99. The van der Waals surface area contributed by atoms with E-state index < -0.39 is 5.82 Å². The molecule has 0 spiro atoms. The highest BCUT2D eigenvalue weighted by atomic mass is 19.1. The standard InChI is InChI=1S/C16H13FN2O/c1-2-12-3-5-13(6-4-12)7-8-14-9-10-15(17)16(19-14)11-18-20/h3-6,9-11,20H,2H2,1H3. The zero-order valence-electron chi connectivity index (χ0n) is 11.0. The van der Waals surface area contributed by atoms with Gasteiger partial charge < -0.3 is 5.21 Å². The zero-order valence-corrected chi connectivity index (χ0v) is 11.0. The molecule has 0 saturated carbocycles. The molecule has 100 valence electrons. The number of pyridine rings is 1. The number of nitrogens with zero attached hydrogens (tertiary/aromatic N) is 2. The molecule has 0 unspecified atom stereocenters. The molecule has 1 aromatic heterocycles. The Hall–Kier alpha value is -2.67. The molecule has 0 atom stereocenters. The van der Waals surface area contributed by atoms with Crippen molar-refractivity contribution < 1.29 is 9.60 Å². The van der Waals surface area contributed by atoms with Crippen LogP contribution in [0.25, 0.3) is 0 Å². The molecule has 2 rings (SSSR count). The van der Waals surface area contributed by atoms with Crippen LogP contribution >= 0.6 is 0 Å². The van der Waals surface area contributed by atoms with E-state index in [2.05, 4.69) is 28.9 Å². The summed E-state index contributed by atoms with van der Waals surface area (Å²) in [6, 6.07) is 10.6. The van der Waals surface area contributed by atoms with Crippen LogP contribution in [0.1, 0.15) is 29.4 Å². The largest absolute Gasteiger partial charge is 0.411 e. The first kappa shape index (κ1) is 13.8. The molecule has 1 N–H and O–H groups in total. The number of benzene rings is 1. The number of hydrogen-bond donors (Lipinski definition) is 1. The normalized spacial score (nSPS) is 10.3. The molecular weight excluding hydrogens is 255 g/mol. The van der Waals surface area contributed by atoms with Crippen molar-refractivity contribution in [3.05, 3.63) is 64.7 Å². The summed E-state index contributed by atoms with van der Waals surface area (Å²) < 4.78 is 13.3. The molecule has 0 amide bonds. The van der Waals surface area contributed by atoms with Gasteiger partial charge in [0.25, 0.3) is 0 Å². The lowest BCUT2D eigenvalue weighted by Crippen LogP contribution is -1.95. The topological polar surface area (TPSA) is 45.5 Å². The Morgan fingerprint density at radius 3 is 2.60 bits per heavy atom. The van der Waals surface area contributed by atoms with Crippen LogP contribution in [0.3, 0.4) is 0 Å². The van der Waals surface area contributed by atoms with Crippen LogP contribution < -0.4 is 0 Å². The molecule has 0 aliphatic rings. The first-order chi connectivity index (χ1) is 9.72. The van der Waals surface area contributed by atoms with Crippen molar-refractivity contribution >= 4 is 6.21 Å². The van der Waals surface area contributed by atoms with Crippen molar-refractivity contribution in [3.8, 4) is 11.8 Å². The number of aryl methyl sites for hydroxylation is 1. The number of hydrogen-bond acceptors (Lipinski definition) is 3. The summed E-state index contributed by atoms with van der Waals surface area (Å²) in [4.78, 5) is 3.95. The summed E-state index contributed by atoms with van der Waals surface area (Å²) >= 11 is 0.